The van der Waals surface area contributed by atoms with Gasteiger partial charge < -0.3 is 25.2 Å². The number of aliphatic hydroxyl groups excluding tert-OH is 1. The molecule has 0 aromatic carbocycles. The summed E-state index contributed by atoms with van der Waals surface area (Å²) in [7, 11) is 0. The Morgan fingerprint density at radius 1 is 1.45 bits per heavy atom. The normalized spacial score (nSPS) is 27.1. The zero-order valence-electron chi connectivity index (χ0n) is 10.8. The average Bonchev–Trinajstić information content (AvgIpc) is 2.46. The Balaban J connectivity index is 2.08. The number of piperazine rings is 1. The number of rotatable bonds is 2. The Morgan fingerprint density at radius 3 is 2.85 bits per heavy atom. The molecule has 2 rings (SSSR count). The first-order valence-electron chi connectivity index (χ1n) is 6.30. The van der Waals surface area contributed by atoms with Crippen molar-refractivity contribution in [2.24, 2.45) is 0 Å². The van der Waals surface area contributed by atoms with Crippen molar-refractivity contribution in [2.45, 2.75) is 12.1 Å². The van der Waals surface area contributed by atoms with Gasteiger partial charge in [0.1, 0.15) is 12.6 Å². The summed E-state index contributed by atoms with van der Waals surface area (Å²) in [5.41, 5.74) is 0. The number of carboxylic acids is 1. The van der Waals surface area contributed by atoms with Gasteiger partial charge in [0.25, 0.3) is 0 Å². The third-order valence-electron chi connectivity index (χ3n) is 3.33. The maximum Gasteiger partial charge on any atom is 0.328 e. The molecule has 0 spiro atoms. The maximum atomic E-state index is 12.3. The van der Waals surface area contributed by atoms with E-state index in [0.29, 0.717) is 6.54 Å². The van der Waals surface area contributed by atoms with Crippen molar-refractivity contribution in [3.05, 3.63) is 0 Å². The number of carbonyl (C=O) groups excluding carboxylic acids is 2. The molecule has 0 aliphatic carbocycles. The lowest BCUT2D eigenvalue weighted by Crippen LogP contribution is -2.63. The van der Waals surface area contributed by atoms with E-state index in [1.165, 1.54) is 4.90 Å². The summed E-state index contributed by atoms with van der Waals surface area (Å²) in [6.07, 6.45) is -0.477. The quantitative estimate of drug-likeness (QED) is 0.525. The first-order valence-corrected chi connectivity index (χ1v) is 6.30. The number of morpholine rings is 1. The van der Waals surface area contributed by atoms with Crippen LogP contribution in [-0.2, 0) is 14.3 Å². The molecule has 112 valence electrons. The van der Waals surface area contributed by atoms with Crippen molar-refractivity contribution >= 4 is 17.9 Å². The Labute approximate surface area is 115 Å². The highest BCUT2D eigenvalue weighted by Gasteiger charge is 2.38. The van der Waals surface area contributed by atoms with Crippen LogP contribution in [0.2, 0.25) is 0 Å². The molecule has 0 saturated carbocycles. The number of amides is 3. The summed E-state index contributed by atoms with van der Waals surface area (Å²) < 4.78 is 5.23. The molecule has 9 heteroatoms. The van der Waals surface area contributed by atoms with E-state index in [2.05, 4.69) is 5.32 Å². The molecule has 2 atom stereocenters. The fourth-order valence-corrected chi connectivity index (χ4v) is 2.25. The predicted molar refractivity (Wildman–Crippen MR) is 64.9 cm³/mol. The number of nitrogens with zero attached hydrogens (tertiary/aromatic N) is 2. The molecular weight excluding hydrogens is 270 g/mol. The van der Waals surface area contributed by atoms with E-state index in [0.717, 1.165) is 4.90 Å². The monoisotopic (exact) mass is 287 g/mol. The highest BCUT2D eigenvalue weighted by Crippen LogP contribution is 2.12. The van der Waals surface area contributed by atoms with E-state index in [1.807, 2.05) is 0 Å². The predicted octanol–water partition coefficient (Wildman–Crippen LogP) is -2.32. The molecule has 2 heterocycles. The first kappa shape index (κ1) is 14.5. The topological polar surface area (TPSA) is 119 Å². The minimum atomic E-state index is -1.16. The molecule has 0 bridgehead atoms. The number of aliphatic carboxylic acids is 1. The largest absolute Gasteiger partial charge is 0.480 e. The highest BCUT2D eigenvalue weighted by atomic mass is 16.5. The Hall–Kier alpha value is -1.87. The van der Waals surface area contributed by atoms with E-state index < -0.39 is 24.1 Å². The van der Waals surface area contributed by atoms with Crippen molar-refractivity contribution in [1.29, 1.82) is 0 Å². The molecule has 2 aliphatic rings. The molecule has 2 unspecified atom stereocenters. The molecule has 9 nitrogen and oxygen atoms in total. The van der Waals surface area contributed by atoms with E-state index >= 15 is 0 Å². The van der Waals surface area contributed by atoms with Crippen LogP contribution in [0.4, 0.5) is 4.79 Å². The SMILES string of the molecule is O=C1CN(C(=O)N2CCOC(CO)C2)C(C(=O)O)CN1. The number of nitrogens with one attached hydrogen (secondary N) is 1. The minimum Gasteiger partial charge on any atom is -0.480 e. The van der Waals surface area contributed by atoms with Gasteiger partial charge in [-0.05, 0) is 0 Å². The molecule has 20 heavy (non-hydrogen) atoms. The van der Waals surface area contributed by atoms with Crippen LogP contribution in [0.1, 0.15) is 0 Å². The Kier molecular flexibility index (Phi) is 4.40. The number of carbonyl (C=O) groups is 3. The molecule has 2 saturated heterocycles. The van der Waals surface area contributed by atoms with Crippen LogP contribution >= 0.6 is 0 Å². The molecule has 3 N–H and O–H groups in total. The summed E-state index contributed by atoms with van der Waals surface area (Å²) in [5, 5.41) is 20.6. The summed E-state index contributed by atoms with van der Waals surface area (Å²) in [4.78, 5) is 37.3. The standard InChI is InChI=1S/C11H17N3O6/c15-6-7-4-13(1-2-20-7)11(19)14-5-9(16)12-3-8(14)10(17)18/h7-8,15H,1-6H2,(H,12,16)(H,17,18). The summed E-state index contributed by atoms with van der Waals surface area (Å²) >= 11 is 0. The molecule has 3 amide bonds. The third-order valence-corrected chi connectivity index (χ3v) is 3.33. The smallest absolute Gasteiger partial charge is 0.328 e. The molecule has 0 aromatic rings. The van der Waals surface area contributed by atoms with Crippen molar-refractivity contribution in [2.75, 3.05) is 39.4 Å². The van der Waals surface area contributed by atoms with Gasteiger partial charge in [-0.2, -0.15) is 0 Å². The van der Waals surface area contributed by atoms with Gasteiger partial charge in [0.15, 0.2) is 0 Å². The molecule has 0 radical (unpaired) electrons. The van der Waals surface area contributed by atoms with Gasteiger partial charge in [-0.3, -0.25) is 9.69 Å². The van der Waals surface area contributed by atoms with Crippen LogP contribution in [0.3, 0.4) is 0 Å². The van der Waals surface area contributed by atoms with Crippen LogP contribution in [0.15, 0.2) is 0 Å². The Bertz CT molecular complexity index is 415. The second-order valence-corrected chi connectivity index (χ2v) is 4.69. The Morgan fingerprint density at radius 2 is 2.20 bits per heavy atom. The minimum absolute atomic E-state index is 0.103. The van der Waals surface area contributed by atoms with Gasteiger partial charge in [0.05, 0.1) is 25.9 Å². The van der Waals surface area contributed by atoms with Crippen LogP contribution in [0, 0.1) is 0 Å². The van der Waals surface area contributed by atoms with E-state index in [1.54, 1.807) is 0 Å². The lowest BCUT2D eigenvalue weighted by atomic mass is 10.2. The highest BCUT2D eigenvalue weighted by molar-refractivity contribution is 5.90. The second kappa shape index (κ2) is 6.06. The van der Waals surface area contributed by atoms with Gasteiger partial charge in [0, 0.05) is 13.1 Å². The number of carboxylic acid groups (broad SMARTS) is 1. The third kappa shape index (κ3) is 2.99. The van der Waals surface area contributed by atoms with Crippen molar-refractivity contribution < 1.29 is 29.3 Å². The number of hydrogen-bond acceptors (Lipinski definition) is 5. The second-order valence-electron chi connectivity index (χ2n) is 4.69. The molecule has 0 aromatic heterocycles. The summed E-state index contributed by atoms with van der Waals surface area (Å²) in [6, 6.07) is -1.59. The van der Waals surface area contributed by atoms with Gasteiger partial charge in [0.2, 0.25) is 5.91 Å². The van der Waals surface area contributed by atoms with E-state index in [-0.39, 0.29) is 38.8 Å². The zero-order chi connectivity index (χ0) is 14.7. The number of ether oxygens (including phenoxy) is 1. The van der Waals surface area contributed by atoms with Crippen LogP contribution in [0.25, 0.3) is 0 Å². The van der Waals surface area contributed by atoms with Gasteiger partial charge >= 0.3 is 12.0 Å². The first-order chi connectivity index (χ1) is 9.52. The average molecular weight is 287 g/mol. The molecule has 2 aliphatic heterocycles. The number of hydrogen-bond donors (Lipinski definition) is 3. The van der Waals surface area contributed by atoms with Crippen LogP contribution in [-0.4, -0.2) is 89.5 Å². The number of urea groups is 1. The van der Waals surface area contributed by atoms with E-state index in [4.69, 9.17) is 14.9 Å². The van der Waals surface area contributed by atoms with Gasteiger partial charge in [-0.25, -0.2) is 9.59 Å². The van der Waals surface area contributed by atoms with Crippen molar-refractivity contribution in [1.82, 2.24) is 15.1 Å². The molecular formula is C11H17N3O6. The lowest BCUT2D eigenvalue weighted by molar-refractivity contribution is -0.144. The van der Waals surface area contributed by atoms with Crippen molar-refractivity contribution in [3.8, 4) is 0 Å². The zero-order valence-corrected chi connectivity index (χ0v) is 10.8. The molecule has 2 fully saturated rings. The lowest BCUT2D eigenvalue weighted by Gasteiger charge is -2.39. The fourth-order valence-electron chi connectivity index (χ4n) is 2.25. The summed E-state index contributed by atoms with van der Waals surface area (Å²) in [6.45, 7) is 0.158. The van der Waals surface area contributed by atoms with Crippen LogP contribution < -0.4 is 5.32 Å². The van der Waals surface area contributed by atoms with Gasteiger partial charge in [-0.15, -0.1) is 0 Å². The van der Waals surface area contributed by atoms with Gasteiger partial charge in [-0.1, -0.05) is 0 Å². The number of aliphatic hydroxyl groups is 1. The van der Waals surface area contributed by atoms with E-state index in [9.17, 15) is 14.4 Å². The van der Waals surface area contributed by atoms with Crippen LogP contribution in [0.5, 0.6) is 0 Å². The van der Waals surface area contributed by atoms with Crippen molar-refractivity contribution in [3.63, 3.8) is 0 Å². The fraction of sp³-hybridized carbons (Fsp3) is 0.727. The maximum absolute atomic E-state index is 12.3. The summed E-state index contributed by atoms with van der Waals surface area (Å²) in [5.74, 6) is -1.55.